The zero-order chi connectivity index (χ0) is 20.2. The molecule has 7 heteroatoms. The smallest absolute Gasteiger partial charge is 0.234 e. The molecule has 2 atom stereocenters. The van der Waals surface area contributed by atoms with Crippen LogP contribution in [0, 0.1) is 17.2 Å². The van der Waals surface area contributed by atoms with Crippen molar-refractivity contribution in [3.63, 3.8) is 0 Å². The van der Waals surface area contributed by atoms with Gasteiger partial charge >= 0.3 is 0 Å². The van der Waals surface area contributed by atoms with Gasteiger partial charge in [0.1, 0.15) is 6.10 Å². The summed E-state index contributed by atoms with van der Waals surface area (Å²) in [5.41, 5.74) is 2.87. The number of carbonyl (C=O) groups is 1. The highest BCUT2D eigenvalue weighted by Gasteiger charge is 2.25. The number of hydrogen-bond donors (Lipinski definition) is 1. The maximum atomic E-state index is 12.3. The van der Waals surface area contributed by atoms with Crippen LogP contribution in [-0.4, -0.2) is 46.6 Å². The van der Waals surface area contributed by atoms with E-state index in [-0.39, 0.29) is 17.9 Å². The Labute approximate surface area is 170 Å². The number of likely N-dealkylation sites (N-methyl/N-ethyl adjacent to an activating group) is 1. The molecule has 0 spiro atoms. The fourth-order valence-electron chi connectivity index (χ4n) is 3.91. The summed E-state index contributed by atoms with van der Waals surface area (Å²) in [4.78, 5) is 18.6. The van der Waals surface area contributed by atoms with Gasteiger partial charge in [-0.15, -0.1) is 0 Å². The van der Waals surface area contributed by atoms with Crippen molar-refractivity contribution in [1.82, 2.24) is 19.8 Å². The van der Waals surface area contributed by atoms with Crippen molar-refractivity contribution in [2.45, 2.75) is 32.0 Å². The Bertz CT molecular complexity index is 947. The molecule has 0 aromatic carbocycles. The van der Waals surface area contributed by atoms with Gasteiger partial charge in [0.15, 0.2) is 0 Å². The van der Waals surface area contributed by atoms with Crippen molar-refractivity contribution < 1.29 is 9.53 Å². The average Bonchev–Trinajstić information content (AvgIpc) is 3.12. The van der Waals surface area contributed by atoms with Crippen molar-refractivity contribution in [2.75, 3.05) is 20.1 Å². The van der Waals surface area contributed by atoms with Crippen LogP contribution in [0.2, 0.25) is 0 Å². The van der Waals surface area contributed by atoms with Gasteiger partial charge in [-0.05, 0) is 24.8 Å². The number of fused-ring (bicyclic) bond motifs is 5. The first-order valence-corrected chi connectivity index (χ1v) is 9.88. The molecule has 0 saturated carbocycles. The SMILES string of the molecule is CN1CC(=O)NCC2C=CC=C(C2)OC2CC(=CC=C2C#N)Cn2cncc2C1. The summed E-state index contributed by atoms with van der Waals surface area (Å²) in [5.74, 6) is 1.05. The molecule has 3 aliphatic rings. The Kier molecular flexibility index (Phi) is 5.63. The van der Waals surface area contributed by atoms with E-state index in [0.29, 0.717) is 44.6 Å². The number of hydrogen-bond acceptors (Lipinski definition) is 5. The molecule has 1 aromatic heterocycles. The van der Waals surface area contributed by atoms with Crippen molar-refractivity contribution >= 4 is 5.91 Å². The van der Waals surface area contributed by atoms with E-state index in [1.807, 2.05) is 48.8 Å². The quantitative estimate of drug-likeness (QED) is 0.732. The largest absolute Gasteiger partial charge is 0.489 e. The summed E-state index contributed by atoms with van der Waals surface area (Å²) in [6.45, 7) is 2.22. The maximum Gasteiger partial charge on any atom is 0.234 e. The van der Waals surface area contributed by atoms with Crippen molar-refractivity contribution in [3.8, 4) is 6.07 Å². The van der Waals surface area contributed by atoms with Gasteiger partial charge in [0, 0.05) is 44.6 Å². The number of rotatable bonds is 0. The fourth-order valence-corrected chi connectivity index (χ4v) is 3.91. The van der Waals surface area contributed by atoms with Gasteiger partial charge in [0.2, 0.25) is 5.91 Å². The van der Waals surface area contributed by atoms with E-state index in [4.69, 9.17) is 4.74 Å². The van der Waals surface area contributed by atoms with E-state index in [0.717, 1.165) is 11.5 Å². The molecule has 4 bridgehead atoms. The number of nitriles is 1. The summed E-state index contributed by atoms with van der Waals surface area (Å²) in [6.07, 6.45) is 14.7. The van der Waals surface area contributed by atoms with Crippen LogP contribution in [0.5, 0.6) is 0 Å². The van der Waals surface area contributed by atoms with Gasteiger partial charge in [-0.25, -0.2) is 4.98 Å². The lowest BCUT2D eigenvalue weighted by Gasteiger charge is -2.28. The molecule has 2 heterocycles. The summed E-state index contributed by atoms with van der Waals surface area (Å²) in [5, 5.41) is 12.5. The van der Waals surface area contributed by atoms with E-state index in [1.54, 1.807) is 0 Å². The van der Waals surface area contributed by atoms with Gasteiger partial charge in [0.05, 0.1) is 36.0 Å². The number of carbonyl (C=O) groups excluding carboxylic acids is 1. The van der Waals surface area contributed by atoms with Crippen LogP contribution in [0.4, 0.5) is 0 Å². The lowest BCUT2D eigenvalue weighted by atomic mass is 9.94. The van der Waals surface area contributed by atoms with E-state index in [9.17, 15) is 10.1 Å². The summed E-state index contributed by atoms with van der Waals surface area (Å²) in [6, 6.07) is 2.28. The zero-order valence-corrected chi connectivity index (χ0v) is 16.5. The monoisotopic (exact) mass is 391 g/mol. The van der Waals surface area contributed by atoms with Crippen molar-refractivity contribution in [1.29, 1.82) is 5.26 Å². The molecule has 4 rings (SSSR count). The minimum atomic E-state index is -0.282. The summed E-state index contributed by atoms with van der Waals surface area (Å²) >= 11 is 0. The second-order valence-corrected chi connectivity index (χ2v) is 7.84. The molecular weight excluding hydrogens is 366 g/mol. The average molecular weight is 391 g/mol. The van der Waals surface area contributed by atoms with Crippen LogP contribution in [0.1, 0.15) is 18.5 Å². The number of amides is 1. The lowest BCUT2D eigenvalue weighted by molar-refractivity contribution is -0.122. The standard InChI is InChI=1S/C22H25N5O2/c1-26-13-19-11-24-15-27(19)12-17-5-6-18(9-23)21(8-17)29-20-4-2-3-16(7-20)10-25-22(28)14-26/h2-6,11,15-16,21H,7-8,10,12-14H2,1H3,(H,25,28). The van der Waals surface area contributed by atoms with Gasteiger partial charge in [-0.3, -0.25) is 9.69 Å². The van der Waals surface area contributed by atoms with Crippen molar-refractivity contribution in [3.05, 3.63) is 65.5 Å². The maximum absolute atomic E-state index is 12.3. The first-order chi connectivity index (χ1) is 14.1. The molecule has 1 aromatic rings. The molecule has 29 heavy (non-hydrogen) atoms. The highest BCUT2D eigenvalue weighted by molar-refractivity contribution is 5.78. The number of nitrogens with zero attached hydrogens (tertiary/aromatic N) is 4. The van der Waals surface area contributed by atoms with E-state index >= 15 is 0 Å². The Morgan fingerprint density at radius 1 is 1.24 bits per heavy atom. The number of aromatic nitrogens is 2. The molecule has 1 amide bonds. The highest BCUT2D eigenvalue weighted by atomic mass is 16.5. The molecule has 0 fully saturated rings. The van der Waals surface area contributed by atoms with Gasteiger partial charge in [-0.2, -0.15) is 5.26 Å². The first kappa shape index (κ1) is 19.2. The molecule has 1 aliphatic heterocycles. The molecular formula is C22H25N5O2. The molecule has 0 radical (unpaired) electrons. The van der Waals surface area contributed by atoms with Crippen molar-refractivity contribution in [2.24, 2.45) is 5.92 Å². The Morgan fingerprint density at radius 2 is 2.14 bits per heavy atom. The Hall–Kier alpha value is -3.11. The van der Waals surface area contributed by atoms with Gasteiger partial charge in [0.25, 0.3) is 0 Å². The van der Waals surface area contributed by atoms with Crippen LogP contribution in [0.3, 0.4) is 0 Å². The third-order valence-corrected chi connectivity index (χ3v) is 5.42. The van der Waals surface area contributed by atoms with Crippen LogP contribution in [0.25, 0.3) is 0 Å². The van der Waals surface area contributed by atoms with Gasteiger partial charge in [-0.1, -0.05) is 18.2 Å². The number of ether oxygens (including phenoxy) is 1. The minimum Gasteiger partial charge on any atom is -0.489 e. The molecule has 2 unspecified atom stereocenters. The summed E-state index contributed by atoms with van der Waals surface area (Å²) in [7, 11) is 1.94. The third-order valence-electron chi connectivity index (χ3n) is 5.42. The van der Waals surface area contributed by atoms with Gasteiger partial charge < -0.3 is 14.6 Å². The van der Waals surface area contributed by atoms with Crippen LogP contribution < -0.4 is 5.32 Å². The fraction of sp³-hybridized carbons (Fsp3) is 0.409. The van der Waals surface area contributed by atoms with Crippen LogP contribution >= 0.6 is 0 Å². The molecule has 7 nitrogen and oxygen atoms in total. The number of imidazole rings is 1. The van der Waals surface area contributed by atoms with E-state index < -0.39 is 0 Å². The zero-order valence-electron chi connectivity index (χ0n) is 16.5. The first-order valence-electron chi connectivity index (χ1n) is 9.88. The molecule has 0 saturated heterocycles. The molecule has 1 N–H and O–H groups in total. The number of nitrogens with one attached hydrogen (secondary N) is 1. The topological polar surface area (TPSA) is 83.2 Å². The predicted molar refractivity (Wildman–Crippen MR) is 108 cm³/mol. The molecule has 150 valence electrons. The van der Waals surface area contributed by atoms with Crippen LogP contribution in [0.15, 0.2) is 59.8 Å². The number of allylic oxidation sites excluding steroid dienone is 5. The Balaban J connectivity index is 1.61. The second-order valence-electron chi connectivity index (χ2n) is 7.84. The third kappa shape index (κ3) is 4.66. The van der Waals surface area contributed by atoms with E-state index in [2.05, 4.69) is 27.0 Å². The minimum absolute atomic E-state index is 0.00496. The second kappa shape index (κ2) is 8.50. The lowest BCUT2D eigenvalue weighted by Crippen LogP contribution is -2.37. The van der Waals surface area contributed by atoms with Crippen LogP contribution in [-0.2, 0) is 22.6 Å². The molecule has 2 aliphatic carbocycles. The van der Waals surface area contributed by atoms with E-state index in [1.165, 1.54) is 5.57 Å². The predicted octanol–water partition coefficient (Wildman–Crippen LogP) is 2.07. The summed E-state index contributed by atoms with van der Waals surface area (Å²) < 4.78 is 8.33. The highest BCUT2D eigenvalue weighted by Crippen LogP contribution is 2.28. The normalized spacial score (nSPS) is 25.5. The Morgan fingerprint density at radius 3 is 3.00 bits per heavy atom.